The van der Waals surface area contributed by atoms with Crippen LogP contribution < -0.4 is 4.74 Å². The molecule has 2 heterocycles. The third kappa shape index (κ3) is 4.39. The Morgan fingerprint density at radius 3 is 2.56 bits per heavy atom. The highest BCUT2D eigenvalue weighted by Crippen LogP contribution is 2.32. The van der Waals surface area contributed by atoms with Crippen LogP contribution in [0, 0.1) is 5.92 Å². The van der Waals surface area contributed by atoms with E-state index in [1.54, 1.807) is 12.1 Å². The number of methoxy groups -OCH3 is 1. The van der Waals surface area contributed by atoms with E-state index in [9.17, 15) is 13.2 Å². The monoisotopic (exact) mass is 415 g/mol. The molecule has 2 aliphatic heterocycles. The van der Waals surface area contributed by atoms with Crippen LogP contribution in [-0.2, 0) is 14.8 Å². The number of amides is 1. The summed E-state index contributed by atoms with van der Waals surface area (Å²) in [5.41, 5.74) is 0. The maximum Gasteiger partial charge on any atom is 0.246 e. The average Bonchev–Trinajstić information content (AvgIpc) is 2.68. The highest BCUT2D eigenvalue weighted by Gasteiger charge is 2.36. The zero-order chi connectivity index (χ0) is 19.6. The third-order valence-corrected chi connectivity index (χ3v) is 7.41. The number of benzene rings is 1. The van der Waals surface area contributed by atoms with Crippen molar-refractivity contribution in [1.82, 2.24) is 14.1 Å². The molecule has 2 saturated heterocycles. The summed E-state index contributed by atoms with van der Waals surface area (Å²) in [5.74, 6) is 0.00934. The van der Waals surface area contributed by atoms with Crippen molar-refractivity contribution in [2.75, 3.05) is 53.4 Å². The number of hydrogen-bond donors (Lipinski definition) is 0. The molecule has 0 N–H and O–H groups in total. The van der Waals surface area contributed by atoms with Crippen LogP contribution in [0.3, 0.4) is 0 Å². The molecule has 0 bridgehead atoms. The van der Waals surface area contributed by atoms with Gasteiger partial charge in [-0.2, -0.15) is 4.31 Å². The second-order valence-electron chi connectivity index (χ2n) is 7.13. The predicted octanol–water partition coefficient (Wildman–Crippen LogP) is 1.52. The fourth-order valence-electron chi connectivity index (χ4n) is 3.64. The number of hydrogen-bond acceptors (Lipinski definition) is 5. The number of nitrogens with zero attached hydrogens (tertiary/aromatic N) is 3. The first-order valence-electron chi connectivity index (χ1n) is 9.14. The first-order chi connectivity index (χ1) is 12.8. The van der Waals surface area contributed by atoms with E-state index in [4.69, 9.17) is 16.3 Å². The van der Waals surface area contributed by atoms with Gasteiger partial charge in [0.15, 0.2) is 0 Å². The Labute approximate surface area is 165 Å². The number of ether oxygens (including phenoxy) is 1. The summed E-state index contributed by atoms with van der Waals surface area (Å²) in [4.78, 5) is 17.0. The van der Waals surface area contributed by atoms with Crippen LogP contribution in [0.4, 0.5) is 0 Å². The molecular weight excluding hydrogens is 390 g/mol. The van der Waals surface area contributed by atoms with Crippen molar-refractivity contribution in [2.45, 2.75) is 17.7 Å². The molecule has 0 saturated carbocycles. The van der Waals surface area contributed by atoms with Gasteiger partial charge in [-0.3, -0.25) is 4.79 Å². The first kappa shape index (κ1) is 20.4. The Morgan fingerprint density at radius 2 is 1.89 bits per heavy atom. The zero-order valence-electron chi connectivity index (χ0n) is 15.7. The van der Waals surface area contributed by atoms with Gasteiger partial charge in [-0.1, -0.05) is 11.6 Å². The molecular formula is C18H26ClN3O4S. The van der Waals surface area contributed by atoms with Gasteiger partial charge < -0.3 is 14.5 Å². The summed E-state index contributed by atoms with van der Waals surface area (Å²) in [5, 5.41) is 0.330. The van der Waals surface area contributed by atoms with Gasteiger partial charge in [0, 0.05) is 44.3 Å². The summed E-state index contributed by atoms with van der Waals surface area (Å²) in [6.07, 6.45) is 1.37. The molecule has 27 heavy (non-hydrogen) atoms. The highest BCUT2D eigenvalue weighted by atomic mass is 35.5. The number of piperidine rings is 1. The normalized spacial score (nSPS) is 22.6. The maximum absolute atomic E-state index is 13.2. The largest absolute Gasteiger partial charge is 0.495 e. The fraction of sp³-hybridized carbons (Fsp3) is 0.611. The van der Waals surface area contributed by atoms with Crippen LogP contribution >= 0.6 is 11.6 Å². The molecule has 2 fully saturated rings. The summed E-state index contributed by atoms with van der Waals surface area (Å²) < 4.78 is 32.9. The highest BCUT2D eigenvalue weighted by molar-refractivity contribution is 7.89. The second-order valence-corrected chi connectivity index (χ2v) is 9.47. The first-order valence-corrected chi connectivity index (χ1v) is 11.0. The molecule has 0 spiro atoms. The number of sulfonamides is 1. The van der Waals surface area contributed by atoms with Crippen LogP contribution in [0.5, 0.6) is 5.75 Å². The van der Waals surface area contributed by atoms with Crippen molar-refractivity contribution in [3.8, 4) is 5.75 Å². The lowest BCUT2D eigenvalue weighted by Gasteiger charge is -2.37. The lowest BCUT2D eigenvalue weighted by molar-refractivity contribution is -0.138. The lowest BCUT2D eigenvalue weighted by atomic mass is 9.98. The Hall–Kier alpha value is -1.35. The van der Waals surface area contributed by atoms with E-state index in [1.165, 1.54) is 17.5 Å². The van der Waals surface area contributed by atoms with Crippen molar-refractivity contribution in [3.05, 3.63) is 23.2 Å². The zero-order valence-corrected chi connectivity index (χ0v) is 17.3. The van der Waals surface area contributed by atoms with Gasteiger partial charge in [0.1, 0.15) is 10.6 Å². The van der Waals surface area contributed by atoms with Crippen LogP contribution in [0.15, 0.2) is 23.1 Å². The molecule has 1 amide bonds. The quantitative estimate of drug-likeness (QED) is 0.745. The summed E-state index contributed by atoms with van der Waals surface area (Å²) in [7, 11) is -0.323. The topological polar surface area (TPSA) is 70.2 Å². The summed E-state index contributed by atoms with van der Waals surface area (Å²) in [6, 6.07) is 4.54. The molecule has 1 aromatic rings. The van der Waals surface area contributed by atoms with Gasteiger partial charge >= 0.3 is 0 Å². The Morgan fingerprint density at radius 1 is 1.19 bits per heavy atom. The van der Waals surface area contributed by atoms with Crippen molar-refractivity contribution in [2.24, 2.45) is 5.92 Å². The second kappa shape index (κ2) is 8.34. The Balaban J connectivity index is 1.77. The minimum atomic E-state index is -3.79. The molecule has 0 aliphatic carbocycles. The number of carbonyl (C=O) groups excluding carboxylic acids is 1. The lowest BCUT2D eigenvalue weighted by Crippen LogP contribution is -2.52. The van der Waals surface area contributed by atoms with Gasteiger partial charge in [-0.15, -0.1) is 0 Å². The van der Waals surface area contributed by atoms with E-state index >= 15 is 0 Å². The molecule has 0 unspecified atom stereocenters. The third-order valence-electron chi connectivity index (χ3n) is 5.29. The minimum Gasteiger partial charge on any atom is -0.495 e. The maximum atomic E-state index is 13.2. The Bertz CT molecular complexity index is 794. The molecule has 0 radical (unpaired) electrons. The standard InChI is InChI=1S/C18H26ClN3O4S/c1-20-8-10-21(11-9-20)18(23)14-4-3-7-22(13-14)27(24,25)17-12-15(19)5-6-16(17)26-2/h5-6,12,14H,3-4,7-11,13H2,1-2H3/t14-/m1/s1. The van der Waals surface area contributed by atoms with E-state index in [1.807, 2.05) is 11.9 Å². The van der Waals surface area contributed by atoms with Crippen LogP contribution in [0.1, 0.15) is 12.8 Å². The number of halogens is 1. The van der Waals surface area contributed by atoms with Crippen LogP contribution in [0.25, 0.3) is 0 Å². The van der Waals surface area contributed by atoms with Crippen LogP contribution in [-0.4, -0.2) is 81.9 Å². The Kier molecular flexibility index (Phi) is 6.30. The average molecular weight is 416 g/mol. The van der Waals surface area contributed by atoms with E-state index in [2.05, 4.69) is 4.90 Å². The number of carbonyl (C=O) groups is 1. The fourth-order valence-corrected chi connectivity index (χ4v) is 5.58. The molecule has 1 aromatic carbocycles. The molecule has 0 aromatic heterocycles. The van der Waals surface area contributed by atoms with E-state index in [0.717, 1.165) is 13.1 Å². The summed E-state index contributed by atoms with van der Waals surface area (Å²) in [6.45, 7) is 3.68. The van der Waals surface area contributed by atoms with Crippen molar-refractivity contribution in [3.63, 3.8) is 0 Å². The molecule has 150 valence electrons. The van der Waals surface area contributed by atoms with Crippen molar-refractivity contribution >= 4 is 27.5 Å². The van der Waals surface area contributed by atoms with Gasteiger partial charge in [0.2, 0.25) is 15.9 Å². The molecule has 2 aliphatic rings. The predicted molar refractivity (Wildman–Crippen MR) is 104 cm³/mol. The number of rotatable bonds is 4. The van der Waals surface area contributed by atoms with Gasteiger partial charge in [0.25, 0.3) is 0 Å². The van der Waals surface area contributed by atoms with Gasteiger partial charge in [-0.05, 0) is 38.1 Å². The van der Waals surface area contributed by atoms with E-state index in [-0.39, 0.29) is 29.0 Å². The number of piperazine rings is 1. The molecule has 9 heteroatoms. The minimum absolute atomic E-state index is 0.0465. The van der Waals surface area contributed by atoms with Gasteiger partial charge in [0.05, 0.1) is 13.0 Å². The SMILES string of the molecule is COc1ccc(Cl)cc1S(=O)(=O)N1CCC[C@@H](C(=O)N2CCN(C)CC2)C1. The molecule has 3 rings (SSSR count). The van der Waals surface area contributed by atoms with E-state index < -0.39 is 10.0 Å². The van der Waals surface area contributed by atoms with E-state index in [0.29, 0.717) is 37.5 Å². The number of likely N-dealkylation sites (N-methyl/N-ethyl adjacent to an activating group) is 1. The van der Waals surface area contributed by atoms with Crippen LogP contribution in [0.2, 0.25) is 5.02 Å². The molecule has 1 atom stereocenters. The smallest absolute Gasteiger partial charge is 0.246 e. The van der Waals surface area contributed by atoms with Gasteiger partial charge in [-0.25, -0.2) is 8.42 Å². The van der Waals surface area contributed by atoms with Crippen molar-refractivity contribution < 1.29 is 17.9 Å². The van der Waals surface area contributed by atoms with Crippen molar-refractivity contribution in [1.29, 1.82) is 0 Å². The molecule has 7 nitrogen and oxygen atoms in total. The summed E-state index contributed by atoms with van der Waals surface area (Å²) >= 11 is 6.01.